The van der Waals surface area contributed by atoms with Crippen molar-refractivity contribution in [2.45, 2.75) is 42.2 Å². The monoisotopic (exact) mass is 456 g/mol. The van der Waals surface area contributed by atoms with Crippen LogP contribution in [0.2, 0.25) is 0 Å². The first-order valence-corrected chi connectivity index (χ1v) is 11.2. The second-order valence-corrected chi connectivity index (χ2v) is 9.88. The van der Waals surface area contributed by atoms with Gasteiger partial charge in [0, 0.05) is 20.3 Å². The minimum Gasteiger partial charge on any atom is -0.322 e. The third-order valence-electron chi connectivity index (χ3n) is 3.87. The van der Waals surface area contributed by atoms with Gasteiger partial charge >= 0.3 is 0 Å². The van der Waals surface area contributed by atoms with E-state index in [0.29, 0.717) is 15.4 Å². The minimum absolute atomic E-state index is 0.108. The van der Waals surface area contributed by atoms with Crippen LogP contribution in [0.1, 0.15) is 36.2 Å². The predicted molar refractivity (Wildman–Crippen MR) is 110 cm³/mol. The number of amides is 1. The molecule has 26 heavy (non-hydrogen) atoms. The Morgan fingerprint density at radius 1 is 1.27 bits per heavy atom. The number of hydrogen-bond acceptors (Lipinski definition) is 4. The average Bonchev–Trinajstić information content (AvgIpc) is 2.56. The highest BCUT2D eigenvalue weighted by molar-refractivity contribution is 9.10. The van der Waals surface area contributed by atoms with E-state index in [4.69, 9.17) is 5.14 Å². The number of aryl methyl sites for hydroxylation is 1. The summed E-state index contributed by atoms with van der Waals surface area (Å²) in [6.07, 6.45) is 1.08. The zero-order valence-corrected chi connectivity index (χ0v) is 18.0. The van der Waals surface area contributed by atoms with Gasteiger partial charge in [-0.1, -0.05) is 13.8 Å². The van der Waals surface area contributed by atoms with Gasteiger partial charge in [0.2, 0.25) is 10.0 Å². The highest BCUT2D eigenvalue weighted by Crippen LogP contribution is 2.29. The van der Waals surface area contributed by atoms with Crippen LogP contribution in [0.4, 0.5) is 5.69 Å². The van der Waals surface area contributed by atoms with E-state index in [1.807, 2.05) is 25.1 Å². The van der Waals surface area contributed by atoms with Crippen molar-refractivity contribution in [3.63, 3.8) is 0 Å². The zero-order valence-electron chi connectivity index (χ0n) is 14.7. The molecule has 0 heterocycles. The van der Waals surface area contributed by atoms with Crippen molar-refractivity contribution in [3.05, 3.63) is 52.0 Å². The van der Waals surface area contributed by atoms with Crippen molar-refractivity contribution in [1.29, 1.82) is 0 Å². The second-order valence-electron chi connectivity index (χ2n) is 5.95. The number of thioether (sulfide) groups is 1. The van der Waals surface area contributed by atoms with Crippen LogP contribution in [0.5, 0.6) is 0 Å². The molecule has 2 rings (SSSR count). The third-order valence-corrected chi connectivity index (χ3v) is 6.73. The van der Waals surface area contributed by atoms with Gasteiger partial charge in [0.15, 0.2) is 0 Å². The summed E-state index contributed by atoms with van der Waals surface area (Å²) in [6.45, 7) is 6.24. The highest BCUT2D eigenvalue weighted by Gasteiger charge is 2.16. The molecule has 0 spiro atoms. The lowest BCUT2D eigenvalue weighted by molar-refractivity contribution is 0.102. The van der Waals surface area contributed by atoms with Crippen molar-refractivity contribution in [2.75, 3.05) is 5.32 Å². The van der Waals surface area contributed by atoms with Crippen LogP contribution in [0.25, 0.3) is 0 Å². The largest absolute Gasteiger partial charge is 0.322 e. The van der Waals surface area contributed by atoms with Crippen LogP contribution >= 0.6 is 27.7 Å². The van der Waals surface area contributed by atoms with E-state index in [1.165, 1.54) is 18.2 Å². The van der Waals surface area contributed by atoms with E-state index >= 15 is 0 Å². The zero-order chi connectivity index (χ0) is 19.5. The van der Waals surface area contributed by atoms with E-state index in [0.717, 1.165) is 16.9 Å². The van der Waals surface area contributed by atoms with E-state index < -0.39 is 15.9 Å². The lowest BCUT2D eigenvalue weighted by Crippen LogP contribution is -2.16. The van der Waals surface area contributed by atoms with E-state index in [-0.39, 0.29) is 10.5 Å². The second kappa shape index (κ2) is 8.56. The minimum atomic E-state index is -3.88. The summed E-state index contributed by atoms with van der Waals surface area (Å²) in [5, 5.41) is 8.49. The van der Waals surface area contributed by atoms with Crippen LogP contribution in [0, 0.1) is 6.92 Å². The summed E-state index contributed by atoms with van der Waals surface area (Å²) in [4.78, 5) is 13.6. The molecule has 2 aromatic rings. The maximum absolute atomic E-state index is 12.6. The number of nitrogens with one attached hydrogen (secondary N) is 1. The first kappa shape index (κ1) is 21.0. The van der Waals surface area contributed by atoms with Crippen LogP contribution in [0.3, 0.4) is 0 Å². The molecule has 0 aliphatic heterocycles. The first-order chi connectivity index (χ1) is 12.1. The molecule has 0 aliphatic carbocycles. The quantitative estimate of drug-likeness (QED) is 0.623. The molecule has 1 unspecified atom stereocenters. The van der Waals surface area contributed by atoms with Gasteiger partial charge in [0.1, 0.15) is 0 Å². The van der Waals surface area contributed by atoms with Gasteiger partial charge in [-0.25, -0.2) is 13.6 Å². The fourth-order valence-electron chi connectivity index (χ4n) is 2.21. The molecule has 0 bridgehead atoms. The van der Waals surface area contributed by atoms with Crippen molar-refractivity contribution in [2.24, 2.45) is 5.14 Å². The summed E-state index contributed by atoms with van der Waals surface area (Å²) >= 11 is 5.06. The van der Waals surface area contributed by atoms with E-state index in [1.54, 1.807) is 11.8 Å². The molecule has 0 aliphatic rings. The molecular formula is C18H21BrN2O3S2. The Kier molecular flexibility index (Phi) is 6.90. The third kappa shape index (κ3) is 5.33. The fraction of sp³-hybridized carbons (Fsp3) is 0.278. The molecule has 2 aromatic carbocycles. The molecule has 0 fully saturated rings. The SMILES string of the molecule is CCC(C)Sc1ccc(NC(=O)c2cc(S(N)(=O)=O)ccc2Br)c(C)c1. The molecule has 140 valence electrons. The number of primary sulfonamides is 1. The lowest BCUT2D eigenvalue weighted by Gasteiger charge is -2.13. The van der Waals surface area contributed by atoms with Crippen molar-refractivity contribution in [1.82, 2.24) is 0 Å². The number of halogens is 1. The van der Waals surface area contributed by atoms with Crippen LogP contribution in [-0.4, -0.2) is 19.6 Å². The number of anilines is 1. The van der Waals surface area contributed by atoms with E-state index in [2.05, 4.69) is 35.1 Å². The van der Waals surface area contributed by atoms with Crippen molar-refractivity contribution < 1.29 is 13.2 Å². The number of carbonyl (C=O) groups excluding carboxylic acids is 1. The lowest BCUT2D eigenvalue weighted by atomic mass is 10.1. The van der Waals surface area contributed by atoms with Crippen LogP contribution < -0.4 is 10.5 Å². The number of carbonyl (C=O) groups is 1. The van der Waals surface area contributed by atoms with Gasteiger partial charge in [-0.2, -0.15) is 0 Å². The number of nitrogens with two attached hydrogens (primary N) is 1. The maximum Gasteiger partial charge on any atom is 0.256 e. The number of hydrogen-bond donors (Lipinski definition) is 2. The fourth-order valence-corrected chi connectivity index (χ4v) is 4.20. The van der Waals surface area contributed by atoms with Crippen molar-refractivity contribution in [3.8, 4) is 0 Å². The Balaban J connectivity index is 2.25. The average molecular weight is 457 g/mol. The van der Waals surface area contributed by atoms with Gasteiger partial charge in [-0.3, -0.25) is 4.79 Å². The molecule has 0 aromatic heterocycles. The normalized spacial score (nSPS) is 12.7. The summed E-state index contributed by atoms with van der Waals surface area (Å²) in [5.41, 5.74) is 1.82. The van der Waals surface area contributed by atoms with Crippen LogP contribution in [-0.2, 0) is 10.0 Å². The summed E-state index contributed by atoms with van der Waals surface area (Å²) < 4.78 is 23.5. The van der Waals surface area contributed by atoms with Crippen LogP contribution in [0.15, 0.2) is 50.7 Å². The topological polar surface area (TPSA) is 89.3 Å². The Morgan fingerprint density at radius 2 is 1.96 bits per heavy atom. The molecule has 8 heteroatoms. The Morgan fingerprint density at radius 3 is 2.54 bits per heavy atom. The smallest absolute Gasteiger partial charge is 0.256 e. The Hall–Kier alpha value is -1.35. The first-order valence-electron chi connectivity index (χ1n) is 8.02. The van der Waals surface area contributed by atoms with E-state index in [9.17, 15) is 13.2 Å². The van der Waals surface area contributed by atoms with Gasteiger partial charge in [0.25, 0.3) is 5.91 Å². The predicted octanol–water partition coefficient (Wildman–Crippen LogP) is 4.55. The van der Waals surface area contributed by atoms with Gasteiger partial charge in [0.05, 0.1) is 10.5 Å². The molecule has 0 radical (unpaired) electrons. The molecule has 1 atom stereocenters. The summed E-state index contributed by atoms with van der Waals surface area (Å²) in [7, 11) is -3.88. The number of sulfonamides is 1. The summed E-state index contributed by atoms with van der Waals surface area (Å²) in [6, 6.07) is 9.96. The Labute approximate surface area is 166 Å². The Bertz CT molecular complexity index is 930. The molecule has 0 saturated heterocycles. The summed E-state index contributed by atoms with van der Waals surface area (Å²) in [5.74, 6) is -0.409. The maximum atomic E-state index is 12.6. The number of benzene rings is 2. The number of rotatable bonds is 6. The molecule has 3 N–H and O–H groups in total. The van der Waals surface area contributed by atoms with Gasteiger partial charge < -0.3 is 5.32 Å². The van der Waals surface area contributed by atoms with Gasteiger partial charge in [-0.05, 0) is 71.2 Å². The standard InChI is InChI=1S/C18H21BrN2O3S2/c1-4-12(3)25-13-5-8-17(11(2)9-13)21-18(22)15-10-14(26(20,23)24)6-7-16(15)19/h5-10,12H,4H2,1-3H3,(H,21,22)(H2,20,23,24). The van der Waals surface area contributed by atoms with Gasteiger partial charge in [-0.15, -0.1) is 11.8 Å². The highest BCUT2D eigenvalue weighted by atomic mass is 79.9. The molecule has 0 saturated carbocycles. The molecule has 1 amide bonds. The van der Waals surface area contributed by atoms with Crippen molar-refractivity contribution >= 4 is 49.3 Å². The molecular weight excluding hydrogens is 436 g/mol. The molecule has 5 nitrogen and oxygen atoms in total.